The molecule has 0 amide bonds. The summed E-state index contributed by atoms with van der Waals surface area (Å²) >= 11 is 3.66. The van der Waals surface area contributed by atoms with E-state index in [-0.39, 0.29) is 12.0 Å². The topological polar surface area (TPSA) is 89.3 Å². The van der Waals surface area contributed by atoms with Crippen molar-refractivity contribution in [2.45, 2.75) is 57.5 Å². The molecule has 8 heteroatoms. The van der Waals surface area contributed by atoms with Gasteiger partial charge < -0.3 is 15.2 Å². The monoisotopic (exact) mass is 498 g/mol. The third-order valence-electron chi connectivity index (χ3n) is 6.58. The van der Waals surface area contributed by atoms with Gasteiger partial charge in [-0.3, -0.25) is 9.48 Å². The van der Waals surface area contributed by atoms with E-state index in [0.717, 1.165) is 39.9 Å². The van der Waals surface area contributed by atoms with Gasteiger partial charge in [0.2, 0.25) is 0 Å². The van der Waals surface area contributed by atoms with E-state index in [9.17, 15) is 9.90 Å². The second-order valence-electron chi connectivity index (χ2n) is 9.01. The minimum absolute atomic E-state index is 0.0299. The molecular weight excluding hydrogens is 472 g/mol. The zero-order chi connectivity index (χ0) is 22.4. The van der Waals surface area contributed by atoms with Crippen molar-refractivity contribution in [3.63, 3.8) is 0 Å². The van der Waals surface area contributed by atoms with Gasteiger partial charge in [-0.25, -0.2) is 4.98 Å². The second kappa shape index (κ2) is 8.39. The molecule has 2 aliphatic rings. The number of carboxylic acids is 1. The Morgan fingerprint density at radius 3 is 2.62 bits per heavy atom. The number of aryl methyl sites for hydroxylation is 2. The Balaban J connectivity index is 1.40. The van der Waals surface area contributed by atoms with Gasteiger partial charge in [0.25, 0.3) is 5.88 Å². The maximum Gasteiger partial charge on any atom is 0.306 e. The van der Waals surface area contributed by atoms with Crippen LogP contribution >= 0.6 is 15.9 Å². The molecule has 2 saturated carbocycles. The van der Waals surface area contributed by atoms with Crippen LogP contribution in [0.1, 0.15) is 55.6 Å². The number of hydrogen-bond donors (Lipinski definition) is 2. The minimum Gasteiger partial charge on any atom is -0.481 e. The lowest BCUT2D eigenvalue weighted by Gasteiger charge is -2.25. The van der Waals surface area contributed by atoms with Gasteiger partial charge in [-0.1, -0.05) is 15.9 Å². The number of rotatable bonds is 6. The van der Waals surface area contributed by atoms with Crippen LogP contribution in [-0.4, -0.2) is 31.9 Å². The Kier molecular flexibility index (Phi) is 5.57. The van der Waals surface area contributed by atoms with E-state index < -0.39 is 5.97 Å². The van der Waals surface area contributed by atoms with Crippen molar-refractivity contribution in [2.24, 2.45) is 13.0 Å². The number of halogens is 1. The molecule has 2 aliphatic carbocycles. The Hall–Kier alpha value is -2.61. The molecule has 2 heterocycles. The van der Waals surface area contributed by atoms with Gasteiger partial charge in [-0.2, -0.15) is 0 Å². The fraction of sp³-hybridized carbons (Fsp3) is 0.458. The van der Waals surface area contributed by atoms with E-state index in [4.69, 9.17) is 9.72 Å². The second-order valence-corrected chi connectivity index (χ2v) is 9.86. The molecule has 0 spiro atoms. The average molecular weight is 499 g/mol. The van der Waals surface area contributed by atoms with Crippen LogP contribution in [0.25, 0.3) is 11.0 Å². The quantitative estimate of drug-likeness (QED) is 0.454. The van der Waals surface area contributed by atoms with Gasteiger partial charge in [0, 0.05) is 17.2 Å². The van der Waals surface area contributed by atoms with Crippen molar-refractivity contribution in [1.29, 1.82) is 0 Å². The van der Waals surface area contributed by atoms with Crippen molar-refractivity contribution in [3.8, 4) is 5.88 Å². The summed E-state index contributed by atoms with van der Waals surface area (Å²) < 4.78 is 9.12. The zero-order valence-electron chi connectivity index (χ0n) is 18.3. The van der Waals surface area contributed by atoms with E-state index in [1.54, 1.807) is 4.68 Å². The first kappa shape index (κ1) is 21.2. The molecule has 2 fully saturated rings. The van der Waals surface area contributed by atoms with Gasteiger partial charge in [0.15, 0.2) is 5.52 Å². The van der Waals surface area contributed by atoms with E-state index in [2.05, 4.69) is 45.4 Å². The highest BCUT2D eigenvalue weighted by atomic mass is 79.9. The molecule has 0 unspecified atom stereocenters. The van der Waals surface area contributed by atoms with Crippen molar-refractivity contribution in [2.75, 3.05) is 5.32 Å². The lowest BCUT2D eigenvalue weighted by atomic mass is 9.87. The molecule has 3 aromatic rings. The fourth-order valence-corrected chi connectivity index (χ4v) is 4.88. The van der Waals surface area contributed by atoms with E-state index in [0.29, 0.717) is 24.6 Å². The third-order valence-corrected chi connectivity index (χ3v) is 7.43. The molecule has 5 rings (SSSR count). The van der Waals surface area contributed by atoms with Gasteiger partial charge in [-0.15, -0.1) is 5.10 Å². The molecule has 0 bridgehead atoms. The van der Waals surface area contributed by atoms with E-state index >= 15 is 0 Å². The summed E-state index contributed by atoms with van der Waals surface area (Å²) in [5.74, 6) is 0.904. The predicted octanol–water partition coefficient (Wildman–Crippen LogP) is 5.68. The van der Waals surface area contributed by atoms with Crippen LogP contribution in [0.5, 0.6) is 5.88 Å². The summed E-state index contributed by atoms with van der Waals surface area (Å²) in [7, 11) is 1.88. The lowest BCUT2D eigenvalue weighted by Crippen LogP contribution is -2.28. The maximum absolute atomic E-state index is 11.2. The van der Waals surface area contributed by atoms with Crippen molar-refractivity contribution in [3.05, 3.63) is 39.9 Å². The van der Waals surface area contributed by atoms with Crippen LogP contribution in [0.15, 0.2) is 28.7 Å². The Bertz CT molecular complexity index is 1180. The maximum atomic E-state index is 11.2. The smallest absolute Gasteiger partial charge is 0.306 e. The number of nitrogens with one attached hydrogen (secondary N) is 1. The van der Waals surface area contributed by atoms with Gasteiger partial charge in [0.05, 0.1) is 11.4 Å². The highest BCUT2D eigenvalue weighted by molar-refractivity contribution is 9.10. The van der Waals surface area contributed by atoms with Crippen molar-refractivity contribution in [1.82, 2.24) is 14.8 Å². The number of carboxylic acid groups (broad SMARTS) is 1. The first-order valence-electron chi connectivity index (χ1n) is 11.2. The molecular formula is C24H27BrN4O3. The highest BCUT2D eigenvalue weighted by Gasteiger charge is 2.29. The first-order valence-corrected chi connectivity index (χ1v) is 12.0. The molecule has 1 aromatic carbocycles. The molecule has 0 saturated heterocycles. The number of anilines is 2. The molecule has 2 N–H and O–H groups in total. The van der Waals surface area contributed by atoms with Crippen molar-refractivity contribution < 1.29 is 14.6 Å². The molecule has 168 valence electrons. The van der Waals surface area contributed by atoms with Gasteiger partial charge >= 0.3 is 5.97 Å². The van der Waals surface area contributed by atoms with Crippen molar-refractivity contribution >= 4 is 44.4 Å². The number of hydrogen-bond acceptors (Lipinski definition) is 5. The summed E-state index contributed by atoms with van der Waals surface area (Å²) in [4.78, 5) is 16.1. The first-order chi connectivity index (χ1) is 15.4. The molecule has 0 radical (unpaired) electrons. The summed E-state index contributed by atoms with van der Waals surface area (Å²) in [6.07, 6.45) is 5.13. The summed E-state index contributed by atoms with van der Waals surface area (Å²) in [6.45, 7) is 2.09. The summed E-state index contributed by atoms with van der Waals surface area (Å²) in [6, 6.07) is 8.37. The highest BCUT2D eigenvalue weighted by Crippen LogP contribution is 2.45. The average Bonchev–Trinajstić information content (AvgIpc) is 3.56. The zero-order valence-corrected chi connectivity index (χ0v) is 19.9. The predicted molar refractivity (Wildman–Crippen MR) is 127 cm³/mol. The van der Waals surface area contributed by atoms with Gasteiger partial charge in [-0.05, 0) is 86.8 Å². The van der Waals surface area contributed by atoms with Gasteiger partial charge in [0.1, 0.15) is 11.9 Å². The Morgan fingerprint density at radius 1 is 1.19 bits per heavy atom. The lowest BCUT2D eigenvalue weighted by molar-refractivity contribution is -0.143. The summed E-state index contributed by atoms with van der Waals surface area (Å²) in [5, 5.41) is 17.3. The van der Waals surface area contributed by atoms with Crippen LogP contribution in [-0.2, 0) is 11.8 Å². The molecule has 7 nitrogen and oxygen atoms in total. The van der Waals surface area contributed by atoms with Crippen LogP contribution in [0.2, 0.25) is 0 Å². The molecule has 0 atom stereocenters. The normalized spacial score (nSPS) is 21.0. The number of ether oxygens (including phenoxy) is 1. The largest absolute Gasteiger partial charge is 0.481 e. The molecule has 32 heavy (non-hydrogen) atoms. The van der Waals surface area contributed by atoms with Crippen LogP contribution in [0, 0.1) is 12.8 Å². The minimum atomic E-state index is -0.710. The number of nitrogens with zero attached hydrogens (tertiary/aromatic N) is 3. The molecule has 2 aromatic heterocycles. The number of aromatic nitrogens is 3. The third kappa shape index (κ3) is 4.20. The number of pyridine rings is 1. The number of aliphatic carboxylic acids is 1. The fourth-order valence-electron chi connectivity index (χ4n) is 4.52. The number of benzene rings is 1. The van der Waals surface area contributed by atoms with E-state index in [1.165, 1.54) is 24.0 Å². The van der Waals surface area contributed by atoms with Crippen LogP contribution < -0.4 is 10.1 Å². The molecule has 0 aliphatic heterocycles. The SMILES string of the molecule is Cc1cc(Nc2ccc3c(n2)c(O[C@H]2CC[C@H](C(=O)O)CC2)nn3C)c(C2CC2)cc1Br. The van der Waals surface area contributed by atoms with Crippen LogP contribution in [0.4, 0.5) is 11.5 Å². The van der Waals surface area contributed by atoms with Crippen LogP contribution in [0.3, 0.4) is 0 Å². The standard InChI is InChI=1S/C24H27BrN4O3/c1-13-11-19(17(12-18(13)25)14-3-4-14)26-21-10-9-20-22(27-21)23(28-29(20)2)32-16-7-5-15(6-8-16)24(30)31/h9-12,14-16H,3-8H2,1-2H3,(H,26,27)(H,30,31)/t15-,16-. The number of carbonyl (C=O) groups is 1. The van der Waals surface area contributed by atoms with E-state index in [1.807, 2.05) is 19.2 Å². The summed E-state index contributed by atoms with van der Waals surface area (Å²) in [5.41, 5.74) is 5.22. The Labute approximate surface area is 195 Å². The Morgan fingerprint density at radius 2 is 1.94 bits per heavy atom. The number of fused-ring (bicyclic) bond motifs is 1.